The number of piperidine rings is 1. The Morgan fingerprint density at radius 2 is 2.04 bits per heavy atom. The van der Waals surface area contributed by atoms with Gasteiger partial charge in [0.25, 0.3) is 0 Å². The lowest BCUT2D eigenvalue weighted by atomic mass is 9.97. The average Bonchev–Trinajstić information content (AvgIpc) is 3.01. The van der Waals surface area contributed by atoms with Crippen molar-refractivity contribution < 1.29 is 9.53 Å². The van der Waals surface area contributed by atoms with Crippen molar-refractivity contribution in [1.82, 2.24) is 20.5 Å². The highest BCUT2D eigenvalue weighted by Gasteiger charge is 2.26. The number of guanidine groups is 1. The zero-order valence-corrected chi connectivity index (χ0v) is 20.7. The van der Waals surface area contributed by atoms with Gasteiger partial charge in [-0.1, -0.05) is 0 Å². The number of nitrogens with one attached hydrogen (secondary N) is 2. The molecule has 0 aliphatic carbocycles. The monoisotopic (exact) mass is 523 g/mol. The van der Waals surface area contributed by atoms with Crippen LogP contribution in [0.4, 0.5) is 4.79 Å². The van der Waals surface area contributed by atoms with Gasteiger partial charge in [-0.3, -0.25) is 0 Å². The van der Waals surface area contributed by atoms with E-state index in [4.69, 9.17) is 4.74 Å². The molecule has 1 fully saturated rings. The fraction of sp³-hybridized carbons (Fsp3) is 0.737. The van der Waals surface area contributed by atoms with Crippen LogP contribution in [0.3, 0.4) is 0 Å². The third-order valence-corrected chi connectivity index (χ3v) is 5.11. The van der Waals surface area contributed by atoms with Crippen molar-refractivity contribution in [2.24, 2.45) is 10.9 Å². The van der Waals surface area contributed by atoms with E-state index in [-0.39, 0.29) is 30.1 Å². The van der Waals surface area contributed by atoms with E-state index in [0.717, 1.165) is 50.0 Å². The summed E-state index contributed by atoms with van der Waals surface area (Å²) in [5, 5.41) is 7.74. The normalized spacial score (nSPS) is 15.8. The van der Waals surface area contributed by atoms with Crippen molar-refractivity contribution in [2.45, 2.75) is 59.6 Å². The first kappa shape index (κ1) is 24.9. The second-order valence-electron chi connectivity index (χ2n) is 7.85. The number of thiazole rings is 1. The van der Waals surface area contributed by atoms with Crippen LogP contribution in [0.15, 0.2) is 11.2 Å². The van der Waals surface area contributed by atoms with Gasteiger partial charge in [-0.2, -0.15) is 0 Å². The number of likely N-dealkylation sites (tertiary alicyclic amines) is 1. The summed E-state index contributed by atoms with van der Waals surface area (Å²) in [4.78, 5) is 24.1. The number of hydrogen-bond acceptors (Lipinski definition) is 5. The number of rotatable bonds is 5. The van der Waals surface area contributed by atoms with Gasteiger partial charge < -0.3 is 20.3 Å². The fourth-order valence-electron chi connectivity index (χ4n) is 2.85. The lowest BCUT2D eigenvalue weighted by Crippen LogP contribution is -2.45. The number of nitrogens with zero attached hydrogens (tertiary/aromatic N) is 3. The van der Waals surface area contributed by atoms with Crippen molar-refractivity contribution in [3.05, 3.63) is 16.1 Å². The van der Waals surface area contributed by atoms with Gasteiger partial charge in [0.05, 0.1) is 6.54 Å². The van der Waals surface area contributed by atoms with E-state index in [1.54, 1.807) is 11.3 Å². The Hall–Kier alpha value is -1.10. The third-order valence-electron chi connectivity index (χ3n) is 4.21. The molecule has 0 radical (unpaired) electrons. The molecular weight excluding hydrogens is 489 g/mol. The standard InChI is InChI=1S/C19H33N5O2S.HI/c1-6-20-17(23-13-16-21-11-14(2)27-16)22-12-15-7-9-24(10-8-15)18(25)26-19(3,4)5;/h11,15H,6-10,12-13H2,1-5H3,(H2,20,22,23);1H. The molecule has 2 N–H and O–H groups in total. The van der Waals surface area contributed by atoms with E-state index in [2.05, 4.69) is 34.5 Å². The van der Waals surface area contributed by atoms with Gasteiger partial charge >= 0.3 is 6.09 Å². The number of carbonyl (C=O) groups excluding carboxylic acids is 1. The van der Waals surface area contributed by atoms with E-state index in [1.807, 2.05) is 31.9 Å². The molecule has 0 aromatic carbocycles. The minimum atomic E-state index is -0.442. The number of ether oxygens (including phenoxy) is 1. The maximum Gasteiger partial charge on any atom is 0.410 e. The summed E-state index contributed by atoms with van der Waals surface area (Å²) in [6.07, 6.45) is 3.62. The molecule has 1 aliphatic heterocycles. The minimum absolute atomic E-state index is 0. The molecule has 160 valence electrons. The Bertz CT molecular complexity index is 637. The lowest BCUT2D eigenvalue weighted by molar-refractivity contribution is 0.0185. The van der Waals surface area contributed by atoms with Gasteiger partial charge in [0.2, 0.25) is 0 Å². The summed E-state index contributed by atoms with van der Waals surface area (Å²) in [7, 11) is 0. The smallest absolute Gasteiger partial charge is 0.410 e. The van der Waals surface area contributed by atoms with Gasteiger partial charge in [0.1, 0.15) is 10.6 Å². The largest absolute Gasteiger partial charge is 0.444 e. The van der Waals surface area contributed by atoms with Gasteiger partial charge in [-0.25, -0.2) is 14.8 Å². The Morgan fingerprint density at radius 3 is 2.57 bits per heavy atom. The number of hydrogen-bond donors (Lipinski definition) is 2. The van der Waals surface area contributed by atoms with Crippen LogP contribution in [-0.4, -0.2) is 53.7 Å². The number of amides is 1. The van der Waals surface area contributed by atoms with Crippen LogP contribution in [0.5, 0.6) is 0 Å². The highest BCUT2D eigenvalue weighted by molar-refractivity contribution is 14.0. The molecule has 1 aromatic heterocycles. The van der Waals surface area contributed by atoms with E-state index in [9.17, 15) is 4.79 Å². The van der Waals surface area contributed by atoms with Crippen LogP contribution in [0.2, 0.25) is 0 Å². The van der Waals surface area contributed by atoms with Gasteiger partial charge in [0, 0.05) is 37.3 Å². The van der Waals surface area contributed by atoms with Gasteiger partial charge in [-0.05, 0) is 53.4 Å². The molecule has 1 saturated heterocycles. The van der Waals surface area contributed by atoms with Crippen molar-refractivity contribution >= 4 is 47.4 Å². The summed E-state index contributed by atoms with van der Waals surface area (Å²) in [5.74, 6) is 1.34. The van der Waals surface area contributed by atoms with Gasteiger partial charge in [-0.15, -0.1) is 35.3 Å². The number of aliphatic imine (C=N–C) groups is 1. The minimum Gasteiger partial charge on any atom is -0.444 e. The fourth-order valence-corrected chi connectivity index (χ4v) is 3.56. The Labute approximate surface area is 189 Å². The molecule has 2 rings (SSSR count). The molecule has 0 spiro atoms. The molecular formula is C19H34IN5O2S. The molecule has 0 bridgehead atoms. The quantitative estimate of drug-likeness (QED) is 0.349. The summed E-state index contributed by atoms with van der Waals surface area (Å²) in [5.41, 5.74) is -0.442. The second kappa shape index (κ2) is 11.8. The first-order chi connectivity index (χ1) is 12.8. The zero-order chi connectivity index (χ0) is 19.9. The molecule has 7 nitrogen and oxygen atoms in total. The number of halogens is 1. The molecule has 9 heteroatoms. The van der Waals surface area contributed by atoms with E-state index < -0.39 is 5.60 Å². The van der Waals surface area contributed by atoms with Crippen molar-refractivity contribution in [1.29, 1.82) is 0 Å². The molecule has 0 saturated carbocycles. The molecule has 0 atom stereocenters. The Kier molecular flexibility index (Phi) is 10.5. The van der Waals surface area contributed by atoms with E-state index in [0.29, 0.717) is 12.5 Å². The summed E-state index contributed by atoms with van der Waals surface area (Å²) in [6, 6.07) is 0. The first-order valence-electron chi connectivity index (χ1n) is 9.68. The van der Waals surface area contributed by atoms with Crippen molar-refractivity contribution in [3.63, 3.8) is 0 Å². The highest BCUT2D eigenvalue weighted by Crippen LogP contribution is 2.19. The van der Waals surface area contributed by atoms with Crippen molar-refractivity contribution in [2.75, 3.05) is 26.2 Å². The third kappa shape index (κ3) is 8.93. The number of aromatic nitrogens is 1. The summed E-state index contributed by atoms with van der Waals surface area (Å²) < 4.78 is 5.46. The topological polar surface area (TPSA) is 78.9 Å². The number of aryl methyl sites for hydroxylation is 1. The highest BCUT2D eigenvalue weighted by atomic mass is 127. The zero-order valence-electron chi connectivity index (χ0n) is 17.6. The lowest BCUT2D eigenvalue weighted by Gasteiger charge is -2.33. The Balaban J connectivity index is 0.00000392. The van der Waals surface area contributed by atoms with E-state index in [1.165, 1.54) is 4.88 Å². The van der Waals surface area contributed by atoms with Crippen molar-refractivity contribution in [3.8, 4) is 0 Å². The van der Waals surface area contributed by atoms with Crippen LogP contribution in [0.25, 0.3) is 0 Å². The molecule has 0 unspecified atom stereocenters. The molecule has 28 heavy (non-hydrogen) atoms. The Morgan fingerprint density at radius 1 is 1.36 bits per heavy atom. The molecule has 1 aromatic rings. The maximum absolute atomic E-state index is 12.1. The van der Waals surface area contributed by atoms with Crippen LogP contribution >= 0.6 is 35.3 Å². The van der Waals surface area contributed by atoms with Crippen LogP contribution in [-0.2, 0) is 11.3 Å². The molecule has 2 heterocycles. The SMILES string of the molecule is CCNC(=NCc1ncc(C)s1)NCC1CCN(C(=O)OC(C)(C)C)CC1.I. The first-order valence-corrected chi connectivity index (χ1v) is 10.5. The predicted molar refractivity (Wildman–Crippen MR) is 126 cm³/mol. The van der Waals surface area contributed by atoms with E-state index >= 15 is 0 Å². The molecule has 1 aliphatic rings. The summed E-state index contributed by atoms with van der Waals surface area (Å²) in [6.45, 7) is 13.6. The second-order valence-corrected chi connectivity index (χ2v) is 9.17. The van der Waals surface area contributed by atoms with Crippen LogP contribution in [0, 0.1) is 12.8 Å². The van der Waals surface area contributed by atoms with Gasteiger partial charge in [0.15, 0.2) is 5.96 Å². The number of carbonyl (C=O) groups is 1. The predicted octanol–water partition coefficient (Wildman–Crippen LogP) is 3.77. The van der Waals surface area contributed by atoms with Crippen LogP contribution in [0.1, 0.15) is 50.4 Å². The van der Waals surface area contributed by atoms with Crippen LogP contribution < -0.4 is 10.6 Å². The average molecular weight is 523 g/mol. The maximum atomic E-state index is 12.1. The molecule has 1 amide bonds. The summed E-state index contributed by atoms with van der Waals surface area (Å²) >= 11 is 1.68.